The van der Waals surface area contributed by atoms with E-state index in [2.05, 4.69) is 16.1 Å². The molecule has 0 saturated heterocycles. The predicted octanol–water partition coefficient (Wildman–Crippen LogP) is 3.08. The molecule has 1 aromatic carbocycles. The average molecular weight is 309 g/mol. The van der Waals surface area contributed by atoms with Crippen molar-refractivity contribution in [1.82, 2.24) is 9.78 Å². The van der Waals surface area contributed by atoms with Gasteiger partial charge in [-0.15, -0.1) is 11.8 Å². The molecule has 0 aliphatic carbocycles. The zero-order chi connectivity index (χ0) is 14.3. The lowest BCUT2D eigenvalue weighted by atomic mass is 10.2. The Labute approximate surface area is 127 Å². The van der Waals surface area contributed by atoms with Gasteiger partial charge in [0.25, 0.3) is 0 Å². The van der Waals surface area contributed by atoms with Crippen LogP contribution in [0.15, 0.2) is 23.1 Å². The van der Waals surface area contributed by atoms with Gasteiger partial charge in [0.1, 0.15) is 5.15 Å². The number of rotatable bonds is 2. The lowest BCUT2D eigenvalue weighted by molar-refractivity contribution is 0.757. The van der Waals surface area contributed by atoms with Gasteiger partial charge in [-0.05, 0) is 25.1 Å². The average Bonchev–Trinajstić information content (AvgIpc) is 2.66. The van der Waals surface area contributed by atoms with Crippen molar-refractivity contribution >= 4 is 34.7 Å². The van der Waals surface area contributed by atoms with Crippen LogP contribution in [0.2, 0.25) is 5.15 Å². The van der Waals surface area contributed by atoms with Crippen LogP contribution >= 0.6 is 23.4 Å². The Bertz CT molecular complexity index is 653. The summed E-state index contributed by atoms with van der Waals surface area (Å²) in [4.78, 5) is 3.61. The van der Waals surface area contributed by atoms with Gasteiger partial charge in [-0.3, -0.25) is 4.68 Å². The Morgan fingerprint density at radius 2 is 2.25 bits per heavy atom. The highest BCUT2D eigenvalue weighted by Gasteiger charge is 2.21. The van der Waals surface area contributed by atoms with Gasteiger partial charge in [-0.1, -0.05) is 11.6 Å². The molecule has 1 aromatic heterocycles. The van der Waals surface area contributed by atoms with E-state index in [9.17, 15) is 0 Å². The standard InChI is InChI=1S/C14H17ClN4S/c1-9-11(14(15)18(2)17-9)8-19-5-6-20-13-4-3-10(16)7-12(13)19/h3-4,7H,5-6,8,16H2,1-2H3. The molecule has 1 aliphatic rings. The predicted molar refractivity (Wildman–Crippen MR) is 85.6 cm³/mol. The van der Waals surface area contributed by atoms with E-state index in [4.69, 9.17) is 17.3 Å². The monoisotopic (exact) mass is 308 g/mol. The van der Waals surface area contributed by atoms with Crippen LogP contribution in [0.4, 0.5) is 11.4 Å². The molecule has 0 fully saturated rings. The molecule has 6 heteroatoms. The molecule has 0 bridgehead atoms. The number of halogens is 1. The molecule has 20 heavy (non-hydrogen) atoms. The molecule has 0 radical (unpaired) electrons. The largest absolute Gasteiger partial charge is 0.399 e. The number of aromatic nitrogens is 2. The number of nitrogens with zero attached hydrogens (tertiary/aromatic N) is 3. The van der Waals surface area contributed by atoms with Crippen molar-refractivity contribution in [2.45, 2.75) is 18.4 Å². The molecule has 2 heterocycles. The van der Waals surface area contributed by atoms with Gasteiger partial charge in [0.2, 0.25) is 0 Å². The minimum Gasteiger partial charge on any atom is -0.399 e. The van der Waals surface area contributed by atoms with Crippen LogP contribution in [0.5, 0.6) is 0 Å². The van der Waals surface area contributed by atoms with Crippen LogP contribution in [0.3, 0.4) is 0 Å². The number of nitrogens with two attached hydrogens (primary N) is 1. The highest BCUT2D eigenvalue weighted by Crippen LogP contribution is 2.37. The second-order valence-electron chi connectivity index (χ2n) is 4.98. The van der Waals surface area contributed by atoms with Crippen LogP contribution < -0.4 is 10.6 Å². The normalized spacial score (nSPS) is 14.4. The fourth-order valence-electron chi connectivity index (χ4n) is 2.50. The molecule has 0 unspecified atom stereocenters. The second kappa shape index (κ2) is 5.22. The summed E-state index contributed by atoms with van der Waals surface area (Å²) >= 11 is 8.21. The lowest BCUT2D eigenvalue weighted by Crippen LogP contribution is -2.29. The number of thioether (sulfide) groups is 1. The fraction of sp³-hybridized carbons (Fsp3) is 0.357. The third-order valence-electron chi connectivity index (χ3n) is 3.56. The molecule has 0 spiro atoms. The van der Waals surface area contributed by atoms with Crippen molar-refractivity contribution in [2.75, 3.05) is 22.9 Å². The van der Waals surface area contributed by atoms with Crippen molar-refractivity contribution in [3.05, 3.63) is 34.6 Å². The third kappa shape index (κ3) is 2.36. The first-order chi connectivity index (χ1) is 9.56. The van der Waals surface area contributed by atoms with Crippen molar-refractivity contribution in [3.8, 4) is 0 Å². The molecule has 3 rings (SSSR count). The maximum Gasteiger partial charge on any atom is 0.131 e. The van der Waals surface area contributed by atoms with Crippen LogP contribution in [0.25, 0.3) is 0 Å². The minimum atomic E-state index is 0.714. The lowest BCUT2D eigenvalue weighted by Gasteiger charge is -2.31. The summed E-state index contributed by atoms with van der Waals surface area (Å²) in [6, 6.07) is 6.10. The van der Waals surface area contributed by atoms with Gasteiger partial charge in [-0.2, -0.15) is 5.10 Å². The molecule has 0 atom stereocenters. The number of hydrogen-bond donors (Lipinski definition) is 1. The quantitative estimate of drug-likeness (QED) is 0.866. The molecule has 0 amide bonds. The highest BCUT2D eigenvalue weighted by molar-refractivity contribution is 7.99. The molecule has 0 saturated carbocycles. The molecule has 2 aromatic rings. The summed E-state index contributed by atoms with van der Waals surface area (Å²) in [6.07, 6.45) is 0. The summed E-state index contributed by atoms with van der Waals surface area (Å²) in [5, 5.41) is 5.09. The SMILES string of the molecule is Cc1nn(C)c(Cl)c1CN1CCSc2ccc(N)cc21. The summed E-state index contributed by atoms with van der Waals surface area (Å²) in [6.45, 7) is 3.77. The van der Waals surface area contributed by atoms with Crippen LogP contribution in [-0.2, 0) is 13.6 Å². The molecule has 4 nitrogen and oxygen atoms in total. The maximum atomic E-state index is 6.34. The first-order valence-corrected chi connectivity index (χ1v) is 7.88. The first kappa shape index (κ1) is 13.6. The number of aryl methyl sites for hydroxylation is 2. The maximum absolute atomic E-state index is 6.34. The Balaban J connectivity index is 1.95. The zero-order valence-corrected chi connectivity index (χ0v) is 13.1. The fourth-order valence-corrected chi connectivity index (χ4v) is 3.76. The molecular formula is C14H17ClN4S. The molecular weight excluding hydrogens is 292 g/mol. The Hall–Kier alpha value is -1.33. The van der Waals surface area contributed by atoms with E-state index >= 15 is 0 Å². The van der Waals surface area contributed by atoms with Crippen molar-refractivity contribution in [1.29, 1.82) is 0 Å². The van der Waals surface area contributed by atoms with E-state index in [1.807, 2.05) is 37.9 Å². The molecule has 2 N–H and O–H groups in total. The Morgan fingerprint density at radius 1 is 1.45 bits per heavy atom. The summed E-state index contributed by atoms with van der Waals surface area (Å²) in [5.41, 5.74) is 9.99. The van der Waals surface area contributed by atoms with E-state index in [-0.39, 0.29) is 0 Å². The molecule has 106 valence electrons. The van der Waals surface area contributed by atoms with Crippen molar-refractivity contribution in [3.63, 3.8) is 0 Å². The zero-order valence-electron chi connectivity index (χ0n) is 11.6. The number of anilines is 2. The third-order valence-corrected chi connectivity index (χ3v) is 5.08. The van der Waals surface area contributed by atoms with Gasteiger partial charge >= 0.3 is 0 Å². The van der Waals surface area contributed by atoms with Gasteiger partial charge < -0.3 is 10.6 Å². The van der Waals surface area contributed by atoms with Crippen LogP contribution in [0, 0.1) is 6.92 Å². The van der Waals surface area contributed by atoms with E-state index < -0.39 is 0 Å². The van der Waals surface area contributed by atoms with Crippen LogP contribution in [0.1, 0.15) is 11.3 Å². The van der Waals surface area contributed by atoms with Crippen LogP contribution in [-0.4, -0.2) is 22.1 Å². The van der Waals surface area contributed by atoms with E-state index in [0.717, 1.165) is 35.8 Å². The van der Waals surface area contributed by atoms with E-state index in [1.54, 1.807) is 4.68 Å². The van der Waals surface area contributed by atoms with Crippen molar-refractivity contribution < 1.29 is 0 Å². The summed E-state index contributed by atoms with van der Waals surface area (Å²) < 4.78 is 1.73. The minimum absolute atomic E-state index is 0.714. The smallest absolute Gasteiger partial charge is 0.131 e. The number of benzene rings is 1. The van der Waals surface area contributed by atoms with Gasteiger partial charge in [0.05, 0.1) is 11.4 Å². The van der Waals surface area contributed by atoms with E-state index in [0.29, 0.717) is 5.15 Å². The summed E-state index contributed by atoms with van der Waals surface area (Å²) in [7, 11) is 1.87. The number of fused-ring (bicyclic) bond motifs is 1. The molecule has 1 aliphatic heterocycles. The second-order valence-corrected chi connectivity index (χ2v) is 6.47. The summed E-state index contributed by atoms with van der Waals surface area (Å²) in [5.74, 6) is 1.08. The van der Waals surface area contributed by atoms with Crippen molar-refractivity contribution in [2.24, 2.45) is 7.05 Å². The number of nitrogen functional groups attached to an aromatic ring is 1. The van der Waals surface area contributed by atoms with Gasteiger partial charge in [-0.25, -0.2) is 0 Å². The highest BCUT2D eigenvalue weighted by atomic mass is 35.5. The Morgan fingerprint density at radius 3 is 2.95 bits per heavy atom. The topological polar surface area (TPSA) is 47.1 Å². The number of hydrogen-bond acceptors (Lipinski definition) is 4. The van der Waals surface area contributed by atoms with Gasteiger partial charge in [0, 0.05) is 42.0 Å². The first-order valence-electron chi connectivity index (χ1n) is 6.51. The van der Waals surface area contributed by atoms with E-state index in [1.165, 1.54) is 10.6 Å². The Kier molecular flexibility index (Phi) is 3.56. The van der Waals surface area contributed by atoms with Gasteiger partial charge in [0.15, 0.2) is 0 Å².